The summed E-state index contributed by atoms with van der Waals surface area (Å²) in [6, 6.07) is 0. The molecule has 0 aliphatic carbocycles. The van der Waals surface area contributed by atoms with Gasteiger partial charge in [-0.25, -0.2) is 0 Å². The third kappa shape index (κ3) is 3.68. The second-order valence-electron chi connectivity index (χ2n) is 6.69. The summed E-state index contributed by atoms with van der Waals surface area (Å²) in [7, 11) is 0. The van der Waals surface area contributed by atoms with Gasteiger partial charge in [0.05, 0.1) is 0 Å². The van der Waals surface area contributed by atoms with Crippen molar-refractivity contribution < 1.29 is 4.74 Å². The standard InChI is InChI=1S/C14H26BrNO/c1-13(2)3-7-16(8-4-13)12-14(11-15)5-9-17-10-6-14/h3-12H2,1-2H3. The molecule has 0 aromatic heterocycles. The predicted molar refractivity (Wildman–Crippen MR) is 75.7 cm³/mol. The van der Waals surface area contributed by atoms with Gasteiger partial charge in [0.2, 0.25) is 0 Å². The molecule has 2 saturated heterocycles. The van der Waals surface area contributed by atoms with E-state index in [1.54, 1.807) is 0 Å². The van der Waals surface area contributed by atoms with Crippen molar-refractivity contribution in [2.24, 2.45) is 10.8 Å². The number of hydrogen-bond acceptors (Lipinski definition) is 2. The first-order valence-corrected chi connectivity index (χ1v) is 8.04. The fourth-order valence-corrected chi connectivity index (χ4v) is 3.67. The second kappa shape index (κ2) is 5.58. The van der Waals surface area contributed by atoms with E-state index in [1.807, 2.05) is 0 Å². The number of alkyl halides is 1. The van der Waals surface area contributed by atoms with Crippen LogP contribution in [-0.2, 0) is 4.74 Å². The molecule has 0 atom stereocenters. The van der Waals surface area contributed by atoms with Crippen molar-refractivity contribution in [2.75, 3.05) is 38.2 Å². The highest BCUT2D eigenvalue weighted by atomic mass is 79.9. The number of piperidine rings is 1. The quantitative estimate of drug-likeness (QED) is 0.742. The molecule has 17 heavy (non-hydrogen) atoms. The lowest BCUT2D eigenvalue weighted by Gasteiger charge is -2.44. The summed E-state index contributed by atoms with van der Waals surface area (Å²) in [6.45, 7) is 10.5. The third-order valence-electron chi connectivity index (χ3n) is 4.61. The highest BCUT2D eigenvalue weighted by molar-refractivity contribution is 9.09. The van der Waals surface area contributed by atoms with Crippen molar-refractivity contribution >= 4 is 15.9 Å². The largest absolute Gasteiger partial charge is 0.381 e. The van der Waals surface area contributed by atoms with E-state index in [1.165, 1.54) is 45.3 Å². The molecular weight excluding hydrogens is 278 g/mol. The Morgan fingerprint density at radius 1 is 1.06 bits per heavy atom. The lowest BCUT2D eigenvalue weighted by molar-refractivity contribution is -0.00160. The van der Waals surface area contributed by atoms with Crippen LogP contribution >= 0.6 is 15.9 Å². The van der Waals surface area contributed by atoms with Gasteiger partial charge in [-0.05, 0) is 49.6 Å². The van der Waals surface area contributed by atoms with E-state index in [4.69, 9.17) is 4.74 Å². The Morgan fingerprint density at radius 2 is 1.65 bits per heavy atom. The Labute approximate surface area is 114 Å². The summed E-state index contributed by atoms with van der Waals surface area (Å²) >= 11 is 3.74. The first-order valence-electron chi connectivity index (χ1n) is 6.91. The van der Waals surface area contributed by atoms with Crippen LogP contribution in [-0.4, -0.2) is 43.1 Å². The van der Waals surface area contributed by atoms with Crippen LogP contribution in [0.15, 0.2) is 0 Å². The molecule has 100 valence electrons. The Kier molecular flexibility index (Phi) is 4.54. The predicted octanol–water partition coefficient (Wildman–Crippen LogP) is 3.30. The number of hydrogen-bond donors (Lipinski definition) is 0. The Bertz CT molecular complexity index is 239. The zero-order valence-electron chi connectivity index (χ0n) is 11.3. The molecule has 0 radical (unpaired) electrons. The van der Waals surface area contributed by atoms with Crippen LogP contribution in [0.25, 0.3) is 0 Å². The van der Waals surface area contributed by atoms with Crippen LogP contribution in [0.3, 0.4) is 0 Å². The van der Waals surface area contributed by atoms with Gasteiger partial charge in [0.25, 0.3) is 0 Å². The first-order chi connectivity index (χ1) is 8.05. The number of ether oxygens (including phenoxy) is 1. The summed E-state index contributed by atoms with van der Waals surface area (Å²) in [4.78, 5) is 2.68. The number of halogens is 1. The molecule has 0 spiro atoms. The van der Waals surface area contributed by atoms with Crippen LogP contribution in [0.5, 0.6) is 0 Å². The molecule has 2 rings (SSSR count). The summed E-state index contributed by atoms with van der Waals surface area (Å²) < 4.78 is 5.51. The van der Waals surface area contributed by atoms with Crippen molar-refractivity contribution in [2.45, 2.75) is 39.5 Å². The van der Waals surface area contributed by atoms with Gasteiger partial charge in [-0.2, -0.15) is 0 Å². The zero-order valence-corrected chi connectivity index (χ0v) is 12.9. The zero-order chi connectivity index (χ0) is 12.4. The number of likely N-dealkylation sites (tertiary alicyclic amines) is 1. The van der Waals surface area contributed by atoms with Gasteiger partial charge >= 0.3 is 0 Å². The van der Waals surface area contributed by atoms with Gasteiger partial charge in [0, 0.05) is 25.1 Å². The van der Waals surface area contributed by atoms with Crippen molar-refractivity contribution in [1.29, 1.82) is 0 Å². The highest BCUT2D eigenvalue weighted by Crippen LogP contribution is 2.36. The molecule has 2 heterocycles. The van der Waals surface area contributed by atoms with Gasteiger partial charge in [-0.15, -0.1) is 0 Å². The van der Waals surface area contributed by atoms with Crippen LogP contribution in [0.2, 0.25) is 0 Å². The van der Waals surface area contributed by atoms with E-state index in [0.29, 0.717) is 10.8 Å². The van der Waals surface area contributed by atoms with Gasteiger partial charge in [0.15, 0.2) is 0 Å². The fourth-order valence-electron chi connectivity index (χ4n) is 2.93. The van der Waals surface area contributed by atoms with Crippen molar-refractivity contribution in [3.8, 4) is 0 Å². The molecule has 0 bridgehead atoms. The number of nitrogens with zero attached hydrogens (tertiary/aromatic N) is 1. The van der Waals surface area contributed by atoms with E-state index in [-0.39, 0.29) is 0 Å². The van der Waals surface area contributed by atoms with E-state index >= 15 is 0 Å². The Hall–Kier alpha value is 0.400. The van der Waals surface area contributed by atoms with E-state index in [9.17, 15) is 0 Å². The minimum Gasteiger partial charge on any atom is -0.381 e. The maximum atomic E-state index is 5.51. The van der Waals surface area contributed by atoms with Gasteiger partial charge in [-0.1, -0.05) is 29.8 Å². The van der Waals surface area contributed by atoms with Crippen molar-refractivity contribution in [1.82, 2.24) is 4.90 Å². The molecule has 0 saturated carbocycles. The monoisotopic (exact) mass is 303 g/mol. The number of rotatable bonds is 3. The molecule has 0 N–H and O–H groups in total. The topological polar surface area (TPSA) is 12.5 Å². The minimum atomic E-state index is 0.472. The SMILES string of the molecule is CC1(C)CCN(CC2(CBr)CCOCC2)CC1. The molecule has 3 heteroatoms. The van der Waals surface area contributed by atoms with Crippen LogP contribution in [0.1, 0.15) is 39.5 Å². The van der Waals surface area contributed by atoms with Crippen LogP contribution in [0.4, 0.5) is 0 Å². The van der Waals surface area contributed by atoms with E-state index in [2.05, 4.69) is 34.7 Å². The fraction of sp³-hybridized carbons (Fsp3) is 1.00. The maximum Gasteiger partial charge on any atom is 0.0472 e. The molecule has 2 fully saturated rings. The Balaban J connectivity index is 1.87. The summed E-state index contributed by atoms with van der Waals surface area (Å²) in [5.41, 5.74) is 1.04. The third-order valence-corrected chi connectivity index (χ3v) is 5.80. The molecule has 0 aromatic carbocycles. The minimum absolute atomic E-state index is 0.472. The maximum absolute atomic E-state index is 5.51. The summed E-state index contributed by atoms with van der Waals surface area (Å²) in [6.07, 6.45) is 5.14. The summed E-state index contributed by atoms with van der Waals surface area (Å²) in [5, 5.41) is 1.13. The highest BCUT2D eigenvalue weighted by Gasteiger charge is 2.35. The van der Waals surface area contributed by atoms with Gasteiger partial charge < -0.3 is 9.64 Å². The van der Waals surface area contributed by atoms with Crippen LogP contribution < -0.4 is 0 Å². The Morgan fingerprint density at radius 3 is 2.18 bits per heavy atom. The molecule has 0 unspecified atom stereocenters. The average molecular weight is 304 g/mol. The van der Waals surface area contributed by atoms with Crippen molar-refractivity contribution in [3.05, 3.63) is 0 Å². The van der Waals surface area contributed by atoms with Crippen molar-refractivity contribution in [3.63, 3.8) is 0 Å². The molecule has 0 amide bonds. The smallest absolute Gasteiger partial charge is 0.0472 e. The van der Waals surface area contributed by atoms with Gasteiger partial charge in [-0.3, -0.25) is 0 Å². The van der Waals surface area contributed by atoms with E-state index in [0.717, 1.165) is 18.5 Å². The first kappa shape index (κ1) is 13.8. The molecule has 2 nitrogen and oxygen atoms in total. The molecule has 0 aromatic rings. The normalized spacial score (nSPS) is 29.1. The molecule has 2 aliphatic rings. The lowest BCUT2D eigenvalue weighted by atomic mass is 9.79. The average Bonchev–Trinajstić information content (AvgIpc) is 2.33. The van der Waals surface area contributed by atoms with Crippen LogP contribution in [0, 0.1) is 10.8 Å². The summed E-state index contributed by atoms with van der Waals surface area (Å²) in [5.74, 6) is 0. The second-order valence-corrected chi connectivity index (χ2v) is 7.25. The molecule has 2 aliphatic heterocycles. The lowest BCUT2D eigenvalue weighted by Crippen LogP contribution is -2.46. The molecular formula is C14H26BrNO. The van der Waals surface area contributed by atoms with Gasteiger partial charge in [0.1, 0.15) is 0 Å². The van der Waals surface area contributed by atoms with E-state index < -0.39 is 0 Å².